The maximum Gasteiger partial charge on any atom is 0.108 e. The Bertz CT molecular complexity index is 437. The summed E-state index contributed by atoms with van der Waals surface area (Å²) in [6.07, 6.45) is 5.20. The van der Waals surface area contributed by atoms with Crippen LogP contribution < -0.4 is 5.32 Å². The van der Waals surface area contributed by atoms with Crippen molar-refractivity contribution in [2.45, 2.75) is 32.2 Å². The van der Waals surface area contributed by atoms with Gasteiger partial charge in [-0.3, -0.25) is 0 Å². The molecule has 98 valence electrons. The topological polar surface area (TPSA) is 24.9 Å². The maximum absolute atomic E-state index is 4.61. The maximum atomic E-state index is 4.61. The molecule has 2 aromatic rings. The van der Waals surface area contributed by atoms with Crippen molar-refractivity contribution in [3.63, 3.8) is 0 Å². The number of fused-ring (bicyclic) bond motifs is 1. The van der Waals surface area contributed by atoms with E-state index in [2.05, 4.69) is 44.4 Å². The average molecular weight is 327 g/mol. The van der Waals surface area contributed by atoms with E-state index in [1.54, 1.807) is 11.3 Å². The summed E-state index contributed by atoms with van der Waals surface area (Å²) in [5.41, 5.74) is 1.12. The van der Waals surface area contributed by atoms with Gasteiger partial charge in [-0.15, -0.1) is 11.3 Å². The van der Waals surface area contributed by atoms with Crippen molar-refractivity contribution in [1.82, 2.24) is 10.3 Å². The van der Waals surface area contributed by atoms with Crippen LogP contribution in [0.1, 0.15) is 30.7 Å². The summed E-state index contributed by atoms with van der Waals surface area (Å²) < 4.78 is 1.28. The van der Waals surface area contributed by atoms with Gasteiger partial charge in [0, 0.05) is 11.9 Å². The van der Waals surface area contributed by atoms with Gasteiger partial charge < -0.3 is 5.32 Å². The number of aromatic nitrogens is 1. The predicted octanol–water partition coefficient (Wildman–Crippen LogP) is 4.34. The van der Waals surface area contributed by atoms with Gasteiger partial charge in [0.05, 0.1) is 10.2 Å². The molecule has 0 saturated heterocycles. The molecule has 0 radical (unpaired) electrons. The highest BCUT2D eigenvalue weighted by atomic mass is 79.9. The summed E-state index contributed by atoms with van der Waals surface area (Å²) in [5.74, 6) is 0. The molecule has 18 heavy (non-hydrogen) atoms. The van der Waals surface area contributed by atoms with Crippen molar-refractivity contribution in [3.05, 3.63) is 29.3 Å². The van der Waals surface area contributed by atoms with E-state index in [-0.39, 0.29) is 0 Å². The minimum atomic E-state index is 0.901. The largest absolute Gasteiger partial charge is 0.310 e. The lowest BCUT2D eigenvalue weighted by molar-refractivity contribution is 0.599. The fraction of sp³-hybridized carbons (Fsp3) is 0.500. The zero-order valence-electron chi connectivity index (χ0n) is 10.5. The minimum Gasteiger partial charge on any atom is -0.310 e. The van der Waals surface area contributed by atoms with E-state index in [0.29, 0.717) is 0 Å². The normalized spacial score (nSPS) is 11.2. The number of halogens is 1. The predicted molar refractivity (Wildman–Crippen MR) is 83.6 cm³/mol. The van der Waals surface area contributed by atoms with E-state index in [1.165, 1.54) is 35.4 Å². The minimum absolute atomic E-state index is 0.901. The lowest BCUT2D eigenvalue weighted by Crippen LogP contribution is -2.14. The van der Waals surface area contributed by atoms with Crippen LogP contribution in [0.25, 0.3) is 10.2 Å². The van der Waals surface area contributed by atoms with Crippen LogP contribution in [0.2, 0.25) is 0 Å². The van der Waals surface area contributed by atoms with Gasteiger partial charge in [-0.1, -0.05) is 40.9 Å². The molecule has 1 aromatic carbocycles. The molecule has 0 bridgehead atoms. The number of nitrogens with zero attached hydrogens (tertiary/aromatic N) is 1. The molecule has 1 N–H and O–H groups in total. The van der Waals surface area contributed by atoms with Crippen LogP contribution in [0.15, 0.2) is 24.3 Å². The lowest BCUT2D eigenvalue weighted by Gasteiger charge is -2.01. The zero-order valence-corrected chi connectivity index (χ0v) is 12.9. The third kappa shape index (κ3) is 4.34. The van der Waals surface area contributed by atoms with E-state index in [0.717, 1.165) is 23.9 Å². The van der Waals surface area contributed by atoms with Gasteiger partial charge in [-0.2, -0.15) is 0 Å². The molecular weight excluding hydrogens is 308 g/mol. The van der Waals surface area contributed by atoms with Crippen LogP contribution in [-0.4, -0.2) is 16.9 Å². The van der Waals surface area contributed by atoms with Crippen molar-refractivity contribution in [3.8, 4) is 0 Å². The first-order chi connectivity index (χ1) is 8.90. The van der Waals surface area contributed by atoms with Gasteiger partial charge in [0.15, 0.2) is 0 Å². The molecule has 0 fully saturated rings. The summed E-state index contributed by atoms with van der Waals surface area (Å²) in [6.45, 7) is 2.00. The molecule has 0 aliphatic carbocycles. The summed E-state index contributed by atoms with van der Waals surface area (Å²) in [4.78, 5) is 4.61. The second-order valence-corrected chi connectivity index (χ2v) is 6.26. The quantitative estimate of drug-likeness (QED) is 0.576. The number of benzene rings is 1. The fourth-order valence-electron chi connectivity index (χ4n) is 1.89. The molecule has 0 aliphatic rings. The molecule has 0 spiro atoms. The number of alkyl halides is 1. The summed E-state index contributed by atoms with van der Waals surface area (Å²) >= 11 is 5.25. The fourth-order valence-corrected chi connectivity index (χ4v) is 3.22. The van der Waals surface area contributed by atoms with Crippen LogP contribution in [0.4, 0.5) is 0 Å². The smallest absolute Gasteiger partial charge is 0.108 e. The van der Waals surface area contributed by atoms with Crippen molar-refractivity contribution in [2.24, 2.45) is 0 Å². The average Bonchev–Trinajstić information content (AvgIpc) is 2.80. The van der Waals surface area contributed by atoms with Gasteiger partial charge in [-0.25, -0.2) is 4.98 Å². The van der Waals surface area contributed by atoms with Crippen LogP contribution in [0, 0.1) is 0 Å². The molecule has 1 heterocycles. The zero-order chi connectivity index (χ0) is 12.6. The summed E-state index contributed by atoms with van der Waals surface area (Å²) in [5, 5.41) is 5.80. The number of hydrogen-bond donors (Lipinski definition) is 1. The van der Waals surface area contributed by atoms with E-state index in [4.69, 9.17) is 0 Å². The molecule has 0 aliphatic heterocycles. The SMILES string of the molecule is BrCCCCCCNCc1nc2ccccc2s1. The standard InChI is InChI=1S/C14H19BrN2S/c15-9-5-1-2-6-10-16-11-14-17-12-7-3-4-8-13(12)18-14/h3-4,7-8,16H,1-2,5-6,9-11H2. The van der Waals surface area contributed by atoms with Crippen LogP contribution in [-0.2, 0) is 6.54 Å². The molecule has 0 atom stereocenters. The Morgan fingerprint density at radius 3 is 2.78 bits per heavy atom. The van der Waals surface area contributed by atoms with Crippen LogP contribution in [0.3, 0.4) is 0 Å². The summed E-state index contributed by atoms with van der Waals surface area (Å²) in [6, 6.07) is 8.33. The highest BCUT2D eigenvalue weighted by molar-refractivity contribution is 9.09. The van der Waals surface area contributed by atoms with Gasteiger partial charge >= 0.3 is 0 Å². The second kappa shape index (κ2) is 7.87. The summed E-state index contributed by atoms with van der Waals surface area (Å²) in [7, 11) is 0. The Labute approximate surface area is 121 Å². The number of unbranched alkanes of at least 4 members (excludes halogenated alkanes) is 3. The third-order valence-electron chi connectivity index (χ3n) is 2.85. The molecule has 2 nitrogen and oxygen atoms in total. The van der Waals surface area contributed by atoms with Crippen molar-refractivity contribution < 1.29 is 0 Å². The number of nitrogens with one attached hydrogen (secondary N) is 1. The highest BCUT2D eigenvalue weighted by Crippen LogP contribution is 2.21. The Kier molecular flexibility index (Phi) is 6.11. The van der Waals surface area contributed by atoms with E-state index in [1.807, 2.05) is 6.07 Å². The molecule has 0 unspecified atom stereocenters. The van der Waals surface area contributed by atoms with E-state index in [9.17, 15) is 0 Å². The molecule has 0 saturated carbocycles. The Hall–Kier alpha value is -0.450. The molecule has 2 rings (SSSR count). The van der Waals surface area contributed by atoms with Crippen molar-refractivity contribution >= 4 is 37.5 Å². The highest BCUT2D eigenvalue weighted by Gasteiger charge is 2.01. The third-order valence-corrected chi connectivity index (χ3v) is 4.45. The van der Waals surface area contributed by atoms with Gasteiger partial charge in [0.25, 0.3) is 0 Å². The van der Waals surface area contributed by atoms with Crippen LogP contribution in [0.5, 0.6) is 0 Å². The number of rotatable bonds is 8. The molecule has 1 aromatic heterocycles. The molecule has 4 heteroatoms. The Morgan fingerprint density at radius 1 is 1.11 bits per heavy atom. The van der Waals surface area contributed by atoms with Gasteiger partial charge in [0.2, 0.25) is 0 Å². The van der Waals surface area contributed by atoms with Crippen LogP contribution >= 0.6 is 27.3 Å². The van der Waals surface area contributed by atoms with E-state index < -0.39 is 0 Å². The van der Waals surface area contributed by atoms with Crippen molar-refractivity contribution in [1.29, 1.82) is 0 Å². The molecular formula is C14H19BrN2S. The first kappa shape index (κ1) is 14.0. The van der Waals surface area contributed by atoms with Crippen molar-refractivity contribution in [2.75, 3.05) is 11.9 Å². The number of para-hydroxylation sites is 1. The monoisotopic (exact) mass is 326 g/mol. The first-order valence-corrected chi connectivity index (χ1v) is 8.45. The molecule has 0 amide bonds. The Morgan fingerprint density at radius 2 is 1.94 bits per heavy atom. The second-order valence-electron chi connectivity index (χ2n) is 4.36. The van der Waals surface area contributed by atoms with Gasteiger partial charge in [-0.05, 0) is 31.5 Å². The Balaban J connectivity index is 1.67. The van der Waals surface area contributed by atoms with E-state index >= 15 is 0 Å². The number of thiazole rings is 1. The van der Waals surface area contributed by atoms with Gasteiger partial charge in [0.1, 0.15) is 5.01 Å². The lowest BCUT2D eigenvalue weighted by atomic mass is 10.2. The first-order valence-electron chi connectivity index (χ1n) is 6.51. The number of hydrogen-bond acceptors (Lipinski definition) is 3.